The normalized spacial score (nSPS) is 16.5. The van der Waals surface area contributed by atoms with Crippen LogP contribution in [0.3, 0.4) is 0 Å². The number of rotatable bonds is 6. The van der Waals surface area contributed by atoms with E-state index in [-0.39, 0.29) is 5.56 Å². The van der Waals surface area contributed by atoms with Crippen molar-refractivity contribution < 1.29 is 23.7 Å². The van der Waals surface area contributed by atoms with Crippen LogP contribution in [0.5, 0.6) is 0 Å². The number of nitrogens with zero attached hydrogens (tertiary/aromatic N) is 1. The van der Waals surface area contributed by atoms with Crippen molar-refractivity contribution in [2.24, 2.45) is 0 Å². The first-order chi connectivity index (χ1) is 10.4. The fraction of sp³-hybridized carbons (Fsp3) is 0.200. The highest BCUT2D eigenvalue weighted by molar-refractivity contribution is 7.57. The maximum absolute atomic E-state index is 14.5. The van der Waals surface area contributed by atoms with Crippen molar-refractivity contribution in [3.8, 4) is 0 Å². The molecule has 0 aliphatic heterocycles. The number of halogens is 1. The Hall–Kier alpha value is -2.04. The Labute approximate surface area is 126 Å². The van der Waals surface area contributed by atoms with Gasteiger partial charge in [0.15, 0.2) is 5.91 Å². The number of carbonyl (C=O) groups is 1. The molecule has 7 heteroatoms. The lowest BCUT2D eigenvalue weighted by Gasteiger charge is -2.22. The van der Waals surface area contributed by atoms with E-state index >= 15 is 0 Å². The number of alkyl halides is 1. The Morgan fingerprint density at radius 2 is 1.91 bits per heavy atom. The molecule has 1 aromatic carbocycles. The summed E-state index contributed by atoms with van der Waals surface area (Å²) in [5.74, 6) is -5.63. The van der Waals surface area contributed by atoms with Gasteiger partial charge in [0.2, 0.25) is 7.37 Å². The van der Waals surface area contributed by atoms with Gasteiger partial charge < -0.3 is 10.00 Å². The smallest absolute Gasteiger partial charge is 0.314 e. The van der Waals surface area contributed by atoms with Crippen LogP contribution in [-0.4, -0.2) is 26.9 Å². The summed E-state index contributed by atoms with van der Waals surface area (Å²) in [6.07, 6.45) is 2.19. The minimum Gasteiger partial charge on any atom is -0.481 e. The van der Waals surface area contributed by atoms with Gasteiger partial charge in [-0.05, 0) is 17.2 Å². The fourth-order valence-corrected chi connectivity index (χ4v) is 3.82. The third-order valence-electron chi connectivity index (χ3n) is 3.22. The van der Waals surface area contributed by atoms with Crippen LogP contribution in [0.2, 0.25) is 0 Å². The first kappa shape index (κ1) is 16.3. The second kappa shape index (κ2) is 6.81. The molecule has 0 spiro atoms. The van der Waals surface area contributed by atoms with Crippen molar-refractivity contribution in [1.29, 1.82) is 0 Å². The molecule has 1 heterocycles. The summed E-state index contributed by atoms with van der Waals surface area (Å²) in [5.41, 5.74) is 0.538. The summed E-state index contributed by atoms with van der Waals surface area (Å²) in [7, 11) is -4.36. The van der Waals surface area contributed by atoms with E-state index in [1.54, 1.807) is 30.3 Å². The van der Waals surface area contributed by atoms with Gasteiger partial charge in [-0.3, -0.25) is 14.3 Å². The van der Waals surface area contributed by atoms with Crippen molar-refractivity contribution in [2.45, 2.75) is 18.0 Å². The van der Waals surface area contributed by atoms with Crippen molar-refractivity contribution in [3.63, 3.8) is 0 Å². The zero-order valence-electron chi connectivity index (χ0n) is 11.5. The van der Waals surface area contributed by atoms with Gasteiger partial charge in [0.25, 0.3) is 0 Å². The first-order valence-corrected chi connectivity index (χ1v) is 8.45. The number of carboxylic acid groups (broad SMARTS) is 1. The van der Waals surface area contributed by atoms with Crippen LogP contribution in [0.1, 0.15) is 17.0 Å². The van der Waals surface area contributed by atoms with E-state index in [2.05, 4.69) is 4.98 Å². The van der Waals surface area contributed by atoms with E-state index in [0.717, 1.165) is 0 Å². The lowest BCUT2D eigenvalue weighted by atomic mass is 10.0. The van der Waals surface area contributed by atoms with Crippen LogP contribution in [0.25, 0.3) is 0 Å². The lowest BCUT2D eigenvalue weighted by molar-refractivity contribution is -0.139. The van der Waals surface area contributed by atoms with Crippen LogP contribution < -0.4 is 0 Å². The number of aliphatic carboxylic acids is 1. The van der Waals surface area contributed by atoms with Gasteiger partial charge in [-0.1, -0.05) is 36.4 Å². The maximum atomic E-state index is 14.5. The second-order valence-electron chi connectivity index (χ2n) is 4.87. The van der Waals surface area contributed by atoms with E-state index in [1.165, 1.54) is 24.5 Å². The number of aromatic nitrogens is 1. The Balaban J connectivity index is 2.28. The predicted octanol–water partition coefficient (Wildman–Crippen LogP) is 3.02. The quantitative estimate of drug-likeness (QED) is 0.798. The first-order valence-electron chi connectivity index (χ1n) is 6.54. The number of carboxylic acids is 1. The summed E-state index contributed by atoms with van der Waals surface area (Å²) >= 11 is 0. The van der Waals surface area contributed by atoms with Gasteiger partial charge in [-0.25, -0.2) is 4.39 Å². The average Bonchev–Trinajstić information content (AvgIpc) is 2.48. The van der Waals surface area contributed by atoms with Crippen LogP contribution >= 0.6 is 7.37 Å². The Kier molecular flexibility index (Phi) is 5.06. The number of pyridine rings is 1. The molecule has 22 heavy (non-hydrogen) atoms. The fourth-order valence-electron chi connectivity index (χ4n) is 2.14. The summed E-state index contributed by atoms with van der Waals surface area (Å²) in [6, 6.07) is 11.1. The summed E-state index contributed by atoms with van der Waals surface area (Å²) in [4.78, 5) is 25.1. The number of hydrogen-bond donors (Lipinski definition) is 2. The minimum atomic E-state index is -4.36. The van der Waals surface area contributed by atoms with Gasteiger partial charge in [-0.2, -0.15) is 0 Å². The van der Waals surface area contributed by atoms with Gasteiger partial charge in [-0.15, -0.1) is 0 Å². The molecule has 0 radical (unpaired) electrons. The molecule has 2 rings (SSSR count). The monoisotopic (exact) mass is 323 g/mol. The van der Waals surface area contributed by atoms with Gasteiger partial charge in [0.05, 0.1) is 6.16 Å². The predicted molar refractivity (Wildman–Crippen MR) is 79.5 cm³/mol. The van der Waals surface area contributed by atoms with Crippen LogP contribution in [0.15, 0.2) is 54.9 Å². The van der Waals surface area contributed by atoms with Crippen LogP contribution in [-0.2, 0) is 15.5 Å². The van der Waals surface area contributed by atoms with Crippen molar-refractivity contribution >= 4 is 13.3 Å². The third kappa shape index (κ3) is 3.78. The highest BCUT2D eigenvalue weighted by Crippen LogP contribution is 2.55. The molecular formula is C15H15FNO4P. The van der Waals surface area contributed by atoms with E-state index in [0.29, 0.717) is 5.56 Å². The van der Waals surface area contributed by atoms with Crippen molar-refractivity contribution in [2.75, 3.05) is 0 Å². The third-order valence-corrected chi connectivity index (χ3v) is 5.11. The van der Waals surface area contributed by atoms with Gasteiger partial charge in [0.1, 0.15) is 5.92 Å². The molecule has 1 aromatic heterocycles. The van der Waals surface area contributed by atoms with Crippen molar-refractivity contribution in [3.05, 3.63) is 66.0 Å². The molecule has 0 aliphatic carbocycles. The van der Waals surface area contributed by atoms with Crippen LogP contribution in [0, 0.1) is 0 Å². The minimum absolute atomic E-state index is 0.0600. The van der Waals surface area contributed by atoms with E-state index in [9.17, 15) is 23.7 Å². The van der Waals surface area contributed by atoms with E-state index < -0.39 is 31.3 Å². The molecule has 0 saturated carbocycles. The molecule has 3 unspecified atom stereocenters. The highest BCUT2D eigenvalue weighted by atomic mass is 31.2. The molecule has 116 valence electrons. The van der Waals surface area contributed by atoms with E-state index in [1.807, 2.05) is 0 Å². The Morgan fingerprint density at radius 1 is 1.23 bits per heavy atom. The molecule has 2 aromatic rings. The summed E-state index contributed by atoms with van der Waals surface area (Å²) in [6.45, 7) is 0. The number of benzene rings is 1. The molecule has 0 amide bonds. The molecule has 2 N–H and O–H groups in total. The van der Waals surface area contributed by atoms with E-state index in [4.69, 9.17) is 0 Å². The zero-order chi connectivity index (χ0) is 16.2. The lowest BCUT2D eigenvalue weighted by Crippen LogP contribution is -2.23. The standard InChI is InChI=1S/C15H15FNO4P/c16-14(13(15(18)19)12-7-4-8-17-9-12)22(20,21)10-11-5-2-1-3-6-11/h1-9,13-14H,10H2,(H,18,19)(H,20,21). The SMILES string of the molecule is O=C(O)C(c1cccnc1)C(F)P(=O)(O)Cc1ccccc1. The molecule has 0 saturated heterocycles. The maximum Gasteiger partial charge on any atom is 0.314 e. The topological polar surface area (TPSA) is 87.5 Å². The molecule has 0 bridgehead atoms. The zero-order valence-corrected chi connectivity index (χ0v) is 12.4. The molecule has 0 fully saturated rings. The summed E-state index contributed by atoms with van der Waals surface area (Å²) in [5, 5.41) is 9.23. The number of hydrogen-bond acceptors (Lipinski definition) is 3. The second-order valence-corrected chi connectivity index (χ2v) is 7.20. The molecule has 5 nitrogen and oxygen atoms in total. The van der Waals surface area contributed by atoms with Gasteiger partial charge >= 0.3 is 5.97 Å². The van der Waals surface area contributed by atoms with Crippen molar-refractivity contribution in [1.82, 2.24) is 4.98 Å². The van der Waals surface area contributed by atoms with Crippen LogP contribution in [0.4, 0.5) is 4.39 Å². The molecular weight excluding hydrogens is 308 g/mol. The highest BCUT2D eigenvalue weighted by Gasteiger charge is 2.42. The van der Waals surface area contributed by atoms with Gasteiger partial charge in [0, 0.05) is 12.4 Å². The molecule has 3 atom stereocenters. The average molecular weight is 323 g/mol. The Morgan fingerprint density at radius 3 is 2.45 bits per heavy atom. The molecule has 0 aliphatic rings. The summed E-state index contributed by atoms with van der Waals surface area (Å²) < 4.78 is 26.8. The Bertz CT molecular complexity index is 680. The largest absolute Gasteiger partial charge is 0.481 e.